The van der Waals surface area contributed by atoms with E-state index < -0.39 is 47.4 Å². The lowest BCUT2D eigenvalue weighted by Gasteiger charge is -2.15. The molecule has 2 N–H and O–H groups in total. The SMILES string of the molecule is OC(CNc1c(F)c(F)c(F)c(F)c1F)c1ccccc1. The molecule has 1 unspecified atom stereocenters. The van der Waals surface area contributed by atoms with Gasteiger partial charge in [0.15, 0.2) is 23.3 Å². The second-order valence-corrected chi connectivity index (χ2v) is 4.25. The van der Waals surface area contributed by atoms with Crippen molar-refractivity contribution < 1.29 is 27.1 Å². The van der Waals surface area contributed by atoms with E-state index in [0.717, 1.165) is 0 Å². The Bertz CT molecular complexity index is 619. The number of aliphatic hydroxyl groups is 1. The van der Waals surface area contributed by atoms with Crippen molar-refractivity contribution in [3.05, 3.63) is 65.0 Å². The van der Waals surface area contributed by atoms with Crippen LogP contribution < -0.4 is 5.32 Å². The molecule has 21 heavy (non-hydrogen) atoms. The third kappa shape index (κ3) is 2.97. The van der Waals surface area contributed by atoms with E-state index in [0.29, 0.717) is 5.56 Å². The van der Waals surface area contributed by atoms with Crippen LogP contribution in [0.5, 0.6) is 0 Å². The molecule has 1 atom stereocenters. The van der Waals surface area contributed by atoms with E-state index >= 15 is 0 Å². The Morgan fingerprint density at radius 1 is 0.810 bits per heavy atom. The van der Waals surface area contributed by atoms with Gasteiger partial charge in [-0.2, -0.15) is 0 Å². The molecule has 0 aliphatic heterocycles. The second-order valence-electron chi connectivity index (χ2n) is 4.25. The molecule has 2 nitrogen and oxygen atoms in total. The topological polar surface area (TPSA) is 32.3 Å². The van der Waals surface area contributed by atoms with Gasteiger partial charge in [-0.25, -0.2) is 22.0 Å². The van der Waals surface area contributed by atoms with Crippen LogP contribution >= 0.6 is 0 Å². The molecule has 2 aromatic rings. The molecule has 0 saturated heterocycles. The Kier molecular flexibility index (Phi) is 4.42. The summed E-state index contributed by atoms with van der Waals surface area (Å²) < 4.78 is 65.6. The van der Waals surface area contributed by atoms with E-state index in [1.165, 1.54) is 0 Å². The van der Waals surface area contributed by atoms with Crippen molar-refractivity contribution in [2.75, 3.05) is 11.9 Å². The van der Waals surface area contributed by atoms with Crippen molar-refractivity contribution in [1.82, 2.24) is 0 Å². The molecule has 0 aliphatic carbocycles. The van der Waals surface area contributed by atoms with Crippen molar-refractivity contribution in [1.29, 1.82) is 0 Å². The largest absolute Gasteiger partial charge is 0.387 e. The van der Waals surface area contributed by atoms with Gasteiger partial charge in [0.25, 0.3) is 0 Å². The number of nitrogens with one attached hydrogen (secondary N) is 1. The summed E-state index contributed by atoms with van der Waals surface area (Å²) in [5, 5.41) is 11.8. The van der Waals surface area contributed by atoms with E-state index in [1.807, 2.05) is 5.32 Å². The minimum atomic E-state index is -2.22. The maximum atomic E-state index is 13.4. The highest BCUT2D eigenvalue weighted by molar-refractivity contribution is 5.48. The van der Waals surface area contributed by atoms with Crippen LogP contribution in [0, 0.1) is 29.1 Å². The molecule has 0 amide bonds. The van der Waals surface area contributed by atoms with Crippen molar-refractivity contribution in [3.8, 4) is 0 Å². The van der Waals surface area contributed by atoms with Crippen LogP contribution in [0.3, 0.4) is 0 Å². The maximum absolute atomic E-state index is 13.4. The summed E-state index contributed by atoms with van der Waals surface area (Å²) in [6, 6.07) is 8.09. The zero-order valence-corrected chi connectivity index (χ0v) is 10.5. The van der Waals surface area contributed by atoms with Crippen LogP contribution in [-0.2, 0) is 0 Å². The van der Waals surface area contributed by atoms with Crippen LogP contribution in [0.25, 0.3) is 0 Å². The molecule has 2 aromatic carbocycles. The average molecular weight is 303 g/mol. The standard InChI is InChI=1S/C14H10F5NO/c15-9-10(16)12(18)14(13(19)11(9)17)20-6-8(21)7-4-2-1-3-5-7/h1-5,8,20-21H,6H2. The summed E-state index contributed by atoms with van der Waals surface area (Å²) in [5.74, 6) is -10.2. The zero-order chi connectivity index (χ0) is 15.6. The molecule has 0 spiro atoms. The lowest BCUT2D eigenvalue weighted by molar-refractivity contribution is 0.191. The number of benzene rings is 2. The van der Waals surface area contributed by atoms with Gasteiger partial charge in [-0.05, 0) is 5.56 Å². The average Bonchev–Trinajstić information content (AvgIpc) is 2.51. The first-order chi connectivity index (χ1) is 9.93. The first-order valence-corrected chi connectivity index (χ1v) is 5.91. The molecule has 0 saturated carbocycles. The normalized spacial score (nSPS) is 12.3. The van der Waals surface area contributed by atoms with Gasteiger partial charge in [0.1, 0.15) is 5.69 Å². The Hall–Kier alpha value is -2.15. The van der Waals surface area contributed by atoms with Gasteiger partial charge in [0, 0.05) is 6.54 Å². The van der Waals surface area contributed by atoms with Crippen molar-refractivity contribution in [2.24, 2.45) is 0 Å². The van der Waals surface area contributed by atoms with E-state index in [1.54, 1.807) is 30.3 Å². The Labute approximate surface area is 116 Å². The fourth-order valence-electron chi connectivity index (χ4n) is 1.75. The van der Waals surface area contributed by atoms with Crippen LogP contribution in [0.4, 0.5) is 27.6 Å². The highest BCUT2D eigenvalue weighted by Gasteiger charge is 2.25. The summed E-state index contributed by atoms with van der Waals surface area (Å²) >= 11 is 0. The summed E-state index contributed by atoms with van der Waals surface area (Å²) in [4.78, 5) is 0. The first-order valence-electron chi connectivity index (χ1n) is 5.91. The van der Waals surface area contributed by atoms with Gasteiger partial charge in [0.2, 0.25) is 5.82 Å². The second kappa shape index (κ2) is 6.09. The van der Waals surface area contributed by atoms with Gasteiger partial charge < -0.3 is 10.4 Å². The predicted octanol–water partition coefficient (Wildman–Crippen LogP) is 3.53. The molecule has 0 fully saturated rings. The number of rotatable bonds is 4. The smallest absolute Gasteiger partial charge is 0.200 e. The quantitative estimate of drug-likeness (QED) is 0.514. The van der Waals surface area contributed by atoms with Crippen LogP contribution in [0.2, 0.25) is 0 Å². The number of anilines is 1. The summed E-state index contributed by atoms with van der Waals surface area (Å²) in [7, 11) is 0. The molecule has 0 bridgehead atoms. The lowest BCUT2D eigenvalue weighted by atomic mass is 10.1. The third-order valence-electron chi connectivity index (χ3n) is 2.87. The Morgan fingerprint density at radius 2 is 1.29 bits per heavy atom. The number of aliphatic hydroxyl groups excluding tert-OH is 1. The Balaban J connectivity index is 2.21. The fourth-order valence-corrected chi connectivity index (χ4v) is 1.75. The highest BCUT2D eigenvalue weighted by atomic mass is 19.2. The zero-order valence-electron chi connectivity index (χ0n) is 10.5. The molecule has 0 aliphatic rings. The van der Waals surface area contributed by atoms with Gasteiger partial charge in [-0.15, -0.1) is 0 Å². The van der Waals surface area contributed by atoms with Gasteiger partial charge in [-0.3, -0.25) is 0 Å². The van der Waals surface area contributed by atoms with Gasteiger partial charge >= 0.3 is 0 Å². The Morgan fingerprint density at radius 3 is 1.81 bits per heavy atom. The maximum Gasteiger partial charge on any atom is 0.200 e. The van der Waals surface area contributed by atoms with E-state index in [9.17, 15) is 27.1 Å². The molecule has 0 aromatic heterocycles. The van der Waals surface area contributed by atoms with Crippen molar-refractivity contribution in [3.63, 3.8) is 0 Å². The number of hydrogen-bond donors (Lipinski definition) is 2. The van der Waals surface area contributed by atoms with Gasteiger partial charge in [-0.1, -0.05) is 30.3 Å². The van der Waals surface area contributed by atoms with Gasteiger partial charge in [0.05, 0.1) is 6.10 Å². The molecule has 0 heterocycles. The third-order valence-corrected chi connectivity index (χ3v) is 2.87. The molecule has 0 radical (unpaired) electrons. The van der Waals surface area contributed by atoms with Crippen LogP contribution in [-0.4, -0.2) is 11.7 Å². The van der Waals surface area contributed by atoms with E-state index in [2.05, 4.69) is 0 Å². The first kappa shape index (κ1) is 15.2. The van der Waals surface area contributed by atoms with E-state index in [4.69, 9.17) is 0 Å². The predicted molar refractivity (Wildman–Crippen MR) is 66.1 cm³/mol. The fraction of sp³-hybridized carbons (Fsp3) is 0.143. The molecule has 2 rings (SSSR count). The minimum Gasteiger partial charge on any atom is -0.387 e. The van der Waals surface area contributed by atoms with Crippen molar-refractivity contribution in [2.45, 2.75) is 6.10 Å². The van der Waals surface area contributed by atoms with Crippen molar-refractivity contribution >= 4 is 5.69 Å². The molecular weight excluding hydrogens is 293 g/mol. The number of halogens is 5. The summed E-state index contributed by atoms with van der Waals surface area (Å²) in [6.45, 7) is -0.414. The lowest BCUT2D eigenvalue weighted by Crippen LogP contribution is -2.16. The molecule has 112 valence electrons. The van der Waals surface area contributed by atoms with Crippen LogP contribution in [0.15, 0.2) is 30.3 Å². The van der Waals surface area contributed by atoms with Crippen LogP contribution in [0.1, 0.15) is 11.7 Å². The van der Waals surface area contributed by atoms with E-state index in [-0.39, 0.29) is 0 Å². The summed E-state index contributed by atoms with van der Waals surface area (Å²) in [5.41, 5.74) is -0.727. The molecular formula is C14H10F5NO. The molecule has 7 heteroatoms. The highest BCUT2D eigenvalue weighted by Crippen LogP contribution is 2.27. The summed E-state index contributed by atoms with van der Waals surface area (Å²) in [6.07, 6.45) is -1.17. The minimum absolute atomic E-state index is 0.414. The monoisotopic (exact) mass is 303 g/mol. The number of hydrogen-bond acceptors (Lipinski definition) is 2.